The van der Waals surface area contributed by atoms with Gasteiger partial charge in [0.05, 0.1) is 17.1 Å². The maximum Gasteiger partial charge on any atom is 0.139 e. The molecule has 0 unspecified atom stereocenters. The van der Waals surface area contributed by atoms with E-state index in [0.717, 1.165) is 45.0 Å². The second-order valence-corrected chi connectivity index (χ2v) is 8.10. The van der Waals surface area contributed by atoms with E-state index in [1.807, 2.05) is 6.07 Å². The van der Waals surface area contributed by atoms with Crippen molar-refractivity contribution in [1.82, 2.24) is 9.38 Å². The Kier molecular flexibility index (Phi) is 4.82. The van der Waals surface area contributed by atoms with E-state index >= 15 is 0 Å². The standard InChI is InChI=1S/C31H22N2/c1-5-13-23(14-6-1)27-21-28(24-15-7-2-8-16-24)33-29(22-27)32-30(25-17-9-3-10-18-25)31(33)26-19-11-4-12-20-26/h1-22H. The summed E-state index contributed by atoms with van der Waals surface area (Å²) in [4.78, 5) is 5.19. The SMILES string of the molecule is c1ccc(-c2cc(-c3ccccc3)n3c(-c4ccccc4)c(-c4ccccc4)nc3c2)cc1. The monoisotopic (exact) mass is 422 g/mol. The third kappa shape index (κ3) is 3.52. The Morgan fingerprint density at radius 2 is 0.909 bits per heavy atom. The third-order valence-corrected chi connectivity index (χ3v) is 5.99. The maximum absolute atomic E-state index is 5.19. The summed E-state index contributed by atoms with van der Waals surface area (Å²) < 4.78 is 2.30. The molecule has 4 aromatic carbocycles. The van der Waals surface area contributed by atoms with Gasteiger partial charge in [0.2, 0.25) is 0 Å². The lowest BCUT2D eigenvalue weighted by Crippen LogP contribution is -1.96. The van der Waals surface area contributed by atoms with Crippen molar-refractivity contribution < 1.29 is 0 Å². The number of fused-ring (bicyclic) bond motifs is 1. The predicted octanol–water partition coefficient (Wildman–Crippen LogP) is 8.00. The first-order valence-corrected chi connectivity index (χ1v) is 11.2. The van der Waals surface area contributed by atoms with Crippen LogP contribution in [0.5, 0.6) is 0 Å². The maximum atomic E-state index is 5.19. The van der Waals surface area contributed by atoms with Crippen LogP contribution in [0.15, 0.2) is 133 Å². The van der Waals surface area contributed by atoms with Crippen LogP contribution >= 0.6 is 0 Å². The van der Waals surface area contributed by atoms with Gasteiger partial charge in [0, 0.05) is 11.1 Å². The van der Waals surface area contributed by atoms with Gasteiger partial charge in [-0.15, -0.1) is 0 Å². The minimum absolute atomic E-state index is 0.938. The van der Waals surface area contributed by atoms with Crippen LogP contribution in [-0.2, 0) is 0 Å². The third-order valence-electron chi connectivity index (χ3n) is 5.99. The van der Waals surface area contributed by atoms with Gasteiger partial charge >= 0.3 is 0 Å². The zero-order valence-corrected chi connectivity index (χ0v) is 18.1. The highest BCUT2D eigenvalue weighted by Crippen LogP contribution is 2.38. The molecule has 0 spiro atoms. The summed E-state index contributed by atoms with van der Waals surface area (Å²) in [5, 5.41) is 0. The van der Waals surface area contributed by atoms with Gasteiger partial charge in [-0.3, -0.25) is 4.40 Å². The Labute approximate surface area is 193 Å². The van der Waals surface area contributed by atoms with Gasteiger partial charge in [0.25, 0.3) is 0 Å². The Morgan fingerprint density at radius 1 is 0.424 bits per heavy atom. The number of pyridine rings is 1. The molecule has 6 aromatic rings. The van der Waals surface area contributed by atoms with Crippen LogP contribution in [0.3, 0.4) is 0 Å². The van der Waals surface area contributed by atoms with E-state index in [4.69, 9.17) is 4.98 Å². The average Bonchev–Trinajstić information content (AvgIpc) is 3.30. The summed E-state index contributed by atoms with van der Waals surface area (Å²) in [6.45, 7) is 0. The van der Waals surface area contributed by atoms with Crippen molar-refractivity contribution in [2.45, 2.75) is 0 Å². The van der Waals surface area contributed by atoms with E-state index in [2.05, 4.69) is 132 Å². The van der Waals surface area contributed by atoms with Crippen molar-refractivity contribution in [3.63, 3.8) is 0 Å². The number of imidazole rings is 1. The Hall–Kier alpha value is -4.43. The second-order valence-electron chi connectivity index (χ2n) is 8.10. The highest BCUT2D eigenvalue weighted by atomic mass is 15.0. The van der Waals surface area contributed by atoms with Gasteiger partial charge < -0.3 is 0 Å². The van der Waals surface area contributed by atoms with Crippen LogP contribution in [0.1, 0.15) is 0 Å². The molecule has 0 atom stereocenters. The van der Waals surface area contributed by atoms with Crippen LogP contribution in [0.25, 0.3) is 50.5 Å². The molecule has 2 aromatic heterocycles. The van der Waals surface area contributed by atoms with Crippen molar-refractivity contribution >= 4 is 5.65 Å². The van der Waals surface area contributed by atoms with Gasteiger partial charge in [0.15, 0.2) is 0 Å². The Balaban J connectivity index is 1.74. The quantitative estimate of drug-likeness (QED) is 0.281. The van der Waals surface area contributed by atoms with Gasteiger partial charge in [-0.1, -0.05) is 121 Å². The molecule has 0 fully saturated rings. The zero-order valence-electron chi connectivity index (χ0n) is 18.1. The first-order valence-electron chi connectivity index (χ1n) is 11.2. The van der Waals surface area contributed by atoms with Gasteiger partial charge in [0.1, 0.15) is 5.65 Å². The lowest BCUT2D eigenvalue weighted by molar-refractivity contribution is 1.20. The molecule has 0 amide bonds. The highest BCUT2D eigenvalue weighted by molar-refractivity contribution is 5.86. The first-order chi connectivity index (χ1) is 16.4. The van der Waals surface area contributed by atoms with E-state index in [0.29, 0.717) is 0 Å². The summed E-state index contributed by atoms with van der Waals surface area (Å²) in [7, 11) is 0. The number of rotatable bonds is 4. The number of benzene rings is 4. The molecule has 0 N–H and O–H groups in total. The molecule has 6 rings (SSSR count). The Morgan fingerprint density at radius 3 is 1.48 bits per heavy atom. The molecule has 0 saturated carbocycles. The van der Waals surface area contributed by atoms with Crippen LogP contribution in [-0.4, -0.2) is 9.38 Å². The summed E-state index contributed by atoms with van der Waals surface area (Å²) in [6.07, 6.45) is 0. The lowest BCUT2D eigenvalue weighted by Gasteiger charge is -2.13. The molecule has 0 saturated heterocycles. The van der Waals surface area contributed by atoms with E-state index in [-0.39, 0.29) is 0 Å². The highest BCUT2D eigenvalue weighted by Gasteiger charge is 2.20. The molecule has 0 bridgehead atoms. The second kappa shape index (κ2) is 8.25. The van der Waals surface area contributed by atoms with Crippen molar-refractivity contribution in [3.8, 4) is 44.9 Å². The van der Waals surface area contributed by atoms with E-state index in [1.54, 1.807) is 0 Å². The van der Waals surface area contributed by atoms with Gasteiger partial charge in [-0.25, -0.2) is 4.98 Å². The fourth-order valence-electron chi connectivity index (χ4n) is 4.45. The predicted molar refractivity (Wildman–Crippen MR) is 137 cm³/mol. The smallest absolute Gasteiger partial charge is 0.139 e. The zero-order chi connectivity index (χ0) is 22.0. The van der Waals surface area contributed by atoms with Crippen LogP contribution < -0.4 is 0 Å². The number of aromatic nitrogens is 2. The molecule has 2 heteroatoms. The van der Waals surface area contributed by atoms with Crippen LogP contribution in [0.2, 0.25) is 0 Å². The molecule has 0 aliphatic carbocycles. The van der Waals surface area contributed by atoms with Crippen molar-refractivity contribution in [3.05, 3.63) is 133 Å². The van der Waals surface area contributed by atoms with Crippen LogP contribution in [0.4, 0.5) is 0 Å². The van der Waals surface area contributed by atoms with Gasteiger partial charge in [-0.05, 0) is 28.8 Å². The molecule has 0 aliphatic heterocycles. The van der Waals surface area contributed by atoms with E-state index in [9.17, 15) is 0 Å². The topological polar surface area (TPSA) is 17.3 Å². The molecule has 0 aliphatic rings. The first kappa shape index (κ1) is 19.3. The molecule has 2 nitrogen and oxygen atoms in total. The largest absolute Gasteiger partial charge is 0.292 e. The van der Waals surface area contributed by atoms with E-state index < -0.39 is 0 Å². The number of hydrogen-bond acceptors (Lipinski definition) is 1. The summed E-state index contributed by atoms with van der Waals surface area (Å²) in [5.74, 6) is 0. The summed E-state index contributed by atoms with van der Waals surface area (Å²) in [6, 6.07) is 46.6. The van der Waals surface area contributed by atoms with Crippen LogP contribution in [0, 0.1) is 0 Å². The van der Waals surface area contributed by atoms with Crippen molar-refractivity contribution in [2.24, 2.45) is 0 Å². The normalized spacial score (nSPS) is 11.0. The summed E-state index contributed by atoms with van der Waals surface area (Å²) in [5.41, 5.74) is 9.92. The van der Waals surface area contributed by atoms with Crippen molar-refractivity contribution in [1.29, 1.82) is 0 Å². The average molecular weight is 423 g/mol. The molecule has 0 radical (unpaired) electrons. The molecular weight excluding hydrogens is 400 g/mol. The molecule has 156 valence electrons. The number of nitrogens with zero attached hydrogens (tertiary/aromatic N) is 2. The Bertz CT molecular complexity index is 1520. The van der Waals surface area contributed by atoms with E-state index in [1.165, 1.54) is 5.56 Å². The molecule has 33 heavy (non-hydrogen) atoms. The fourth-order valence-corrected chi connectivity index (χ4v) is 4.45. The lowest BCUT2D eigenvalue weighted by atomic mass is 10.0. The van der Waals surface area contributed by atoms with Gasteiger partial charge in [-0.2, -0.15) is 0 Å². The minimum atomic E-state index is 0.938. The minimum Gasteiger partial charge on any atom is -0.292 e. The molecular formula is C31H22N2. The van der Waals surface area contributed by atoms with Crippen molar-refractivity contribution in [2.75, 3.05) is 0 Å². The molecule has 2 heterocycles. The fraction of sp³-hybridized carbons (Fsp3) is 0. The number of hydrogen-bond donors (Lipinski definition) is 0. The summed E-state index contributed by atoms with van der Waals surface area (Å²) >= 11 is 0.